The number of β-amino-alcohol motifs (C(OH)–C–C–N with tert-alkyl or cyclic N) is 1. The van der Waals surface area contributed by atoms with Crippen molar-refractivity contribution in [1.29, 1.82) is 0 Å². The summed E-state index contributed by atoms with van der Waals surface area (Å²) in [5, 5.41) is 17.0. The summed E-state index contributed by atoms with van der Waals surface area (Å²) >= 11 is 5.95. The summed E-state index contributed by atoms with van der Waals surface area (Å²) in [6, 6.07) is 14.7. The lowest BCUT2D eigenvalue weighted by Crippen LogP contribution is -2.58. The molecule has 9 heteroatoms. The van der Waals surface area contributed by atoms with Gasteiger partial charge in [0.25, 0.3) is 0 Å². The Bertz CT molecular complexity index is 1060. The number of hydrogen-bond acceptors (Lipinski definition) is 5. The van der Waals surface area contributed by atoms with Gasteiger partial charge in [0.05, 0.1) is 44.4 Å². The minimum Gasteiger partial charge on any atom is -0.389 e. The fourth-order valence-corrected chi connectivity index (χ4v) is 5.58. The standard InChI is InChI=1S/C27H32ClN3O5/c28-19-5-7-20(8-6-19)30-27(34)31-14-22(32)15-35-16-25-24(31)10-9-23(36-25)13-26(33)29-21-11-17-3-1-2-4-18(17)12-21/h1-8,21-25,32H,9-16H2,(H,29,33)(H,30,34)/t22-,23+,24+,25-/m0/s1. The van der Waals surface area contributed by atoms with Crippen LogP contribution in [0.2, 0.25) is 5.02 Å². The molecule has 2 aromatic carbocycles. The van der Waals surface area contributed by atoms with Gasteiger partial charge in [-0.25, -0.2) is 4.79 Å². The molecule has 4 atom stereocenters. The average molecular weight is 514 g/mol. The van der Waals surface area contributed by atoms with Gasteiger partial charge >= 0.3 is 6.03 Å². The molecular formula is C27H32ClN3O5. The predicted octanol–water partition coefficient (Wildman–Crippen LogP) is 3.15. The summed E-state index contributed by atoms with van der Waals surface area (Å²) in [5.74, 6) is -0.0178. The molecule has 2 aliphatic heterocycles. The summed E-state index contributed by atoms with van der Waals surface area (Å²) in [5.41, 5.74) is 3.21. The highest BCUT2D eigenvalue weighted by Gasteiger charge is 2.40. The van der Waals surface area contributed by atoms with Gasteiger partial charge in [0.1, 0.15) is 6.10 Å². The van der Waals surface area contributed by atoms with Gasteiger partial charge in [0.15, 0.2) is 0 Å². The van der Waals surface area contributed by atoms with Gasteiger partial charge in [-0.2, -0.15) is 0 Å². The average Bonchev–Trinajstić information content (AvgIpc) is 3.25. The maximum atomic E-state index is 13.2. The molecule has 0 spiro atoms. The first-order valence-corrected chi connectivity index (χ1v) is 12.9. The van der Waals surface area contributed by atoms with E-state index in [1.807, 2.05) is 12.1 Å². The second-order valence-corrected chi connectivity index (χ2v) is 10.3. The molecule has 0 radical (unpaired) electrons. The fourth-order valence-electron chi connectivity index (χ4n) is 5.46. The number of aliphatic hydroxyl groups is 1. The maximum absolute atomic E-state index is 13.2. The quantitative estimate of drug-likeness (QED) is 0.583. The Hall–Kier alpha value is -2.65. The number of anilines is 1. The summed E-state index contributed by atoms with van der Waals surface area (Å²) in [4.78, 5) is 27.6. The molecule has 8 nitrogen and oxygen atoms in total. The number of urea groups is 1. The second-order valence-electron chi connectivity index (χ2n) is 9.87. The molecular weight excluding hydrogens is 482 g/mol. The highest BCUT2D eigenvalue weighted by atomic mass is 35.5. The number of aliphatic hydroxyl groups excluding tert-OH is 1. The van der Waals surface area contributed by atoms with E-state index in [0.29, 0.717) is 23.6 Å². The number of nitrogens with zero attached hydrogens (tertiary/aromatic N) is 1. The number of carbonyl (C=O) groups is 2. The molecule has 2 fully saturated rings. The molecule has 3 amide bonds. The minimum absolute atomic E-state index is 0.0178. The third kappa shape index (κ3) is 6.00. The Morgan fingerprint density at radius 3 is 2.47 bits per heavy atom. The number of ether oxygens (including phenoxy) is 2. The van der Waals surface area contributed by atoms with Crippen molar-refractivity contribution in [2.24, 2.45) is 0 Å². The van der Waals surface area contributed by atoms with E-state index in [2.05, 4.69) is 22.8 Å². The van der Waals surface area contributed by atoms with E-state index in [1.54, 1.807) is 29.2 Å². The smallest absolute Gasteiger partial charge is 0.322 e. The topological polar surface area (TPSA) is 100 Å². The SMILES string of the molecule is O=C(C[C@H]1CC[C@@H]2[C@H](COC[C@@H](O)CN2C(=O)Nc2ccc(Cl)cc2)O1)NC1Cc2ccccc2C1. The van der Waals surface area contributed by atoms with E-state index >= 15 is 0 Å². The molecule has 2 aromatic rings. The largest absolute Gasteiger partial charge is 0.389 e. The Morgan fingerprint density at radius 1 is 1.03 bits per heavy atom. The Labute approximate surface area is 215 Å². The van der Waals surface area contributed by atoms with Crippen LogP contribution in [0.25, 0.3) is 0 Å². The number of halogens is 1. The number of fused-ring (bicyclic) bond motifs is 2. The van der Waals surface area contributed by atoms with Gasteiger partial charge in [-0.05, 0) is 61.1 Å². The lowest BCUT2D eigenvalue weighted by atomic mass is 9.95. The predicted molar refractivity (Wildman–Crippen MR) is 136 cm³/mol. The summed E-state index contributed by atoms with van der Waals surface area (Å²) in [7, 11) is 0. The van der Waals surface area contributed by atoms with Crippen LogP contribution in [-0.2, 0) is 27.1 Å². The zero-order chi connectivity index (χ0) is 25.1. The molecule has 3 aliphatic rings. The lowest BCUT2D eigenvalue weighted by Gasteiger charge is -2.44. The summed E-state index contributed by atoms with van der Waals surface area (Å²) in [6.07, 6.45) is 1.86. The molecule has 0 bridgehead atoms. The first-order valence-electron chi connectivity index (χ1n) is 12.5. The first kappa shape index (κ1) is 25.0. The third-order valence-corrected chi connectivity index (χ3v) is 7.42. The van der Waals surface area contributed by atoms with Crippen molar-refractivity contribution < 1.29 is 24.2 Å². The van der Waals surface area contributed by atoms with E-state index in [1.165, 1.54) is 11.1 Å². The van der Waals surface area contributed by atoms with Gasteiger partial charge in [0, 0.05) is 16.8 Å². The number of amides is 3. The number of nitrogens with one attached hydrogen (secondary N) is 2. The zero-order valence-corrected chi connectivity index (χ0v) is 20.8. The van der Waals surface area contributed by atoms with E-state index in [0.717, 1.165) is 12.8 Å². The van der Waals surface area contributed by atoms with Crippen LogP contribution in [0.5, 0.6) is 0 Å². The second kappa shape index (κ2) is 11.2. The van der Waals surface area contributed by atoms with Crippen LogP contribution in [0.1, 0.15) is 30.4 Å². The molecule has 0 unspecified atom stereocenters. The number of benzene rings is 2. The van der Waals surface area contributed by atoms with Crippen LogP contribution in [0.4, 0.5) is 10.5 Å². The third-order valence-electron chi connectivity index (χ3n) is 7.17. The number of hydrogen-bond donors (Lipinski definition) is 3. The molecule has 2 saturated heterocycles. The van der Waals surface area contributed by atoms with Crippen molar-refractivity contribution in [3.05, 3.63) is 64.7 Å². The molecule has 1 aliphatic carbocycles. The van der Waals surface area contributed by atoms with Crippen molar-refractivity contribution >= 4 is 29.2 Å². The molecule has 2 heterocycles. The Balaban J connectivity index is 1.18. The van der Waals surface area contributed by atoms with E-state index in [9.17, 15) is 14.7 Å². The van der Waals surface area contributed by atoms with Crippen LogP contribution in [-0.4, -0.2) is 72.1 Å². The molecule has 5 rings (SSSR count). The summed E-state index contributed by atoms with van der Waals surface area (Å²) < 4.78 is 12.0. The van der Waals surface area contributed by atoms with Crippen LogP contribution in [0.15, 0.2) is 48.5 Å². The summed E-state index contributed by atoms with van der Waals surface area (Å²) in [6.45, 7) is 0.505. The van der Waals surface area contributed by atoms with Crippen molar-refractivity contribution in [3.63, 3.8) is 0 Å². The maximum Gasteiger partial charge on any atom is 0.322 e. The molecule has 192 valence electrons. The van der Waals surface area contributed by atoms with Crippen molar-refractivity contribution in [2.75, 3.05) is 25.1 Å². The molecule has 0 saturated carbocycles. The highest BCUT2D eigenvalue weighted by Crippen LogP contribution is 2.29. The van der Waals surface area contributed by atoms with E-state index in [4.69, 9.17) is 21.1 Å². The van der Waals surface area contributed by atoms with Crippen molar-refractivity contribution in [1.82, 2.24) is 10.2 Å². The van der Waals surface area contributed by atoms with Crippen molar-refractivity contribution in [3.8, 4) is 0 Å². The van der Waals surface area contributed by atoms with Gasteiger partial charge in [0.2, 0.25) is 5.91 Å². The van der Waals surface area contributed by atoms with Gasteiger partial charge in [-0.3, -0.25) is 4.79 Å². The normalized spacial score (nSPS) is 26.3. The van der Waals surface area contributed by atoms with E-state index in [-0.39, 0.29) is 62.4 Å². The number of carbonyl (C=O) groups excluding carboxylic acids is 2. The minimum atomic E-state index is -0.791. The fraction of sp³-hybridized carbons (Fsp3) is 0.481. The van der Waals surface area contributed by atoms with Crippen LogP contribution >= 0.6 is 11.6 Å². The van der Waals surface area contributed by atoms with Crippen LogP contribution < -0.4 is 10.6 Å². The van der Waals surface area contributed by atoms with Gasteiger partial charge in [-0.1, -0.05) is 35.9 Å². The first-order chi connectivity index (χ1) is 17.4. The lowest BCUT2D eigenvalue weighted by molar-refractivity contribution is -0.150. The van der Waals surface area contributed by atoms with E-state index < -0.39 is 6.10 Å². The van der Waals surface area contributed by atoms with Gasteiger partial charge < -0.3 is 30.1 Å². The zero-order valence-electron chi connectivity index (χ0n) is 20.1. The Kier molecular flexibility index (Phi) is 7.76. The van der Waals surface area contributed by atoms with Crippen LogP contribution in [0.3, 0.4) is 0 Å². The highest BCUT2D eigenvalue weighted by molar-refractivity contribution is 6.30. The molecule has 36 heavy (non-hydrogen) atoms. The molecule has 3 N–H and O–H groups in total. The monoisotopic (exact) mass is 513 g/mol. The Morgan fingerprint density at radius 2 is 1.75 bits per heavy atom. The van der Waals surface area contributed by atoms with Crippen LogP contribution in [0, 0.1) is 0 Å². The van der Waals surface area contributed by atoms with Gasteiger partial charge in [-0.15, -0.1) is 0 Å². The number of rotatable bonds is 4. The van der Waals surface area contributed by atoms with Crippen molar-refractivity contribution in [2.45, 2.75) is 62.5 Å². The molecule has 0 aromatic heterocycles.